The highest BCUT2D eigenvalue weighted by molar-refractivity contribution is 7.17. The van der Waals surface area contributed by atoms with Gasteiger partial charge in [0.25, 0.3) is 11.5 Å². The number of hydrogen-bond donors (Lipinski definition) is 1. The fourth-order valence-corrected chi connectivity index (χ4v) is 4.24. The molecular formula is C20H16N4O2S2. The number of benzene rings is 1. The molecule has 4 aromatic rings. The van der Waals surface area contributed by atoms with Gasteiger partial charge in [-0.05, 0) is 23.9 Å². The predicted molar refractivity (Wildman–Crippen MR) is 114 cm³/mol. The topological polar surface area (TPSA) is 76.3 Å². The van der Waals surface area contributed by atoms with Crippen molar-refractivity contribution >= 4 is 45.0 Å². The van der Waals surface area contributed by atoms with Crippen molar-refractivity contribution in [1.29, 1.82) is 0 Å². The first kappa shape index (κ1) is 18.3. The van der Waals surface area contributed by atoms with E-state index in [0.29, 0.717) is 10.2 Å². The molecule has 0 aliphatic rings. The summed E-state index contributed by atoms with van der Waals surface area (Å²) in [6.45, 7) is 1.87. The van der Waals surface area contributed by atoms with Crippen molar-refractivity contribution in [1.82, 2.24) is 15.0 Å². The van der Waals surface area contributed by atoms with Gasteiger partial charge in [0.15, 0.2) is 0 Å². The van der Waals surface area contributed by atoms with E-state index in [4.69, 9.17) is 0 Å². The van der Waals surface area contributed by atoms with Crippen molar-refractivity contribution < 1.29 is 4.79 Å². The number of nitrogens with one attached hydrogen (secondary N) is 1. The molecule has 0 saturated heterocycles. The van der Waals surface area contributed by atoms with Crippen molar-refractivity contribution in [2.24, 2.45) is 5.10 Å². The van der Waals surface area contributed by atoms with Crippen LogP contribution in [0.3, 0.4) is 0 Å². The Hall–Kier alpha value is -3.10. The van der Waals surface area contributed by atoms with E-state index in [1.54, 1.807) is 6.21 Å². The normalized spacial score (nSPS) is 11.3. The van der Waals surface area contributed by atoms with Gasteiger partial charge in [-0.25, -0.2) is 10.4 Å². The largest absolute Gasteiger partial charge is 0.289 e. The van der Waals surface area contributed by atoms with E-state index in [1.807, 2.05) is 54.1 Å². The number of thiophene rings is 2. The highest BCUT2D eigenvalue weighted by Gasteiger charge is 2.14. The molecule has 1 aromatic carbocycles. The number of nitrogens with zero attached hydrogens (tertiary/aromatic N) is 3. The van der Waals surface area contributed by atoms with E-state index in [9.17, 15) is 9.59 Å². The number of aryl methyl sites for hydroxylation is 1. The maximum atomic E-state index is 13.0. The lowest BCUT2D eigenvalue weighted by Crippen LogP contribution is -2.30. The van der Waals surface area contributed by atoms with Gasteiger partial charge in [0, 0.05) is 15.8 Å². The van der Waals surface area contributed by atoms with Gasteiger partial charge < -0.3 is 0 Å². The van der Waals surface area contributed by atoms with Crippen molar-refractivity contribution in [2.45, 2.75) is 13.5 Å². The molecule has 0 bridgehead atoms. The lowest BCUT2D eigenvalue weighted by Gasteiger charge is -2.05. The Kier molecular flexibility index (Phi) is 5.14. The second-order valence-corrected chi connectivity index (χ2v) is 8.02. The van der Waals surface area contributed by atoms with Crippen molar-refractivity contribution in [3.05, 3.63) is 74.3 Å². The second-order valence-electron chi connectivity index (χ2n) is 6.18. The quantitative estimate of drug-likeness (QED) is 0.405. The zero-order chi connectivity index (χ0) is 19.5. The first-order valence-corrected chi connectivity index (χ1v) is 10.3. The van der Waals surface area contributed by atoms with E-state index in [0.717, 1.165) is 21.6 Å². The molecule has 0 fully saturated rings. The van der Waals surface area contributed by atoms with E-state index >= 15 is 0 Å². The third-order valence-corrected chi connectivity index (χ3v) is 5.85. The van der Waals surface area contributed by atoms with E-state index in [-0.39, 0.29) is 18.0 Å². The number of fused-ring (bicyclic) bond motifs is 1. The third kappa shape index (κ3) is 3.78. The molecule has 6 nitrogen and oxygen atoms in total. The standard InChI is InChI=1S/C20H16N4O2S2/c1-13-4-6-14(7-5-13)16-11-28-19-18(16)20(26)24(12-21-19)10-17(25)23-22-9-15-3-2-8-27-15/h2-9,11-12H,10H2,1H3,(H,23,25). The summed E-state index contributed by atoms with van der Waals surface area (Å²) in [6, 6.07) is 11.8. The Balaban J connectivity index is 1.59. The minimum absolute atomic E-state index is 0.146. The molecule has 0 spiro atoms. The number of carbonyl (C=O) groups is 1. The van der Waals surface area contributed by atoms with Crippen LogP contribution in [0.15, 0.2) is 63.4 Å². The Morgan fingerprint density at radius 1 is 1.25 bits per heavy atom. The zero-order valence-electron chi connectivity index (χ0n) is 15.0. The molecule has 28 heavy (non-hydrogen) atoms. The highest BCUT2D eigenvalue weighted by atomic mass is 32.1. The molecule has 0 atom stereocenters. The Labute approximate surface area is 168 Å². The molecule has 0 radical (unpaired) electrons. The summed E-state index contributed by atoms with van der Waals surface area (Å²) < 4.78 is 1.31. The van der Waals surface area contributed by atoms with Crippen LogP contribution in [0, 0.1) is 6.92 Å². The van der Waals surface area contributed by atoms with Gasteiger partial charge >= 0.3 is 0 Å². The van der Waals surface area contributed by atoms with E-state index < -0.39 is 0 Å². The molecule has 8 heteroatoms. The SMILES string of the molecule is Cc1ccc(-c2csc3ncn(CC(=O)NN=Cc4cccs4)c(=O)c23)cc1. The van der Waals surface area contributed by atoms with Crippen molar-refractivity contribution in [3.8, 4) is 11.1 Å². The van der Waals surface area contributed by atoms with Crippen LogP contribution in [0.5, 0.6) is 0 Å². The number of rotatable bonds is 5. The predicted octanol–water partition coefficient (Wildman–Crippen LogP) is 3.65. The van der Waals surface area contributed by atoms with Crippen LogP contribution < -0.4 is 11.0 Å². The molecule has 1 N–H and O–H groups in total. The van der Waals surface area contributed by atoms with Gasteiger partial charge in [-0.1, -0.05) is 35.9 Å². The van der Waals surface area contributed by atoms with Crippen molar-refractivity contribution in [2.75, 3.05) is 0 Å². The van der Waals surface area contributed by atoms with Crippen LogP contribution in [0.4, 0.5) is 0 Å². The summed E-state index contributed by atoms with van der Waals surface area (Å²) in [5, 5.41) is 8.31. The summed E-state index contributed by atoms with van der Waals surface area (Å²) in [4.78, 5) is 31.0. The van der Waals surface area contributed by atoms with Gasteiger partial charge in [0.1, 0.15) is 11.4 Å². The average Bonchev–Trinajstić information content (AvgIpc) is 3.35. The van der Waals surface area contributed by atoms with E-state index in [2.05, 4.69) is 15.5 Å². The first-order chi connectivity index (χ1) is 13.6. The van der Waals surface area contributed by atoms with Gasteiger partial charge in [-0.15, -0.1) is 22.7 Å². The van der Waals surface area contributed by atoms with Gasteiger partial charge in [0.05, 0.1) is 17.9 Å². The van der Waals surface area contributed by atoms with Crippen LogP contribution in [-0.2, 0) is 11.3 Å². The third-order valence-electron chi connectivity index (χ3n) is 4.16. The minimum Gasteiger partial charge on any atom is -0.289 e. The molecule has 0 saturated carbocycles. The second kappa shape index (κ2) is 7.87. The minimum atomic E-state index is -0.386. The first-order valence-electron chi connectivity index (χ1n) is 8.51. The molecule has 4 rings (SSSR count). The summed E-state index contributed by atoms with van der Waals surface area (Å²) in [7, 11) is 0. The van der Waals surface area contributed by atoms with E-state index in [1.165, 1.54) is 33.6 Å². The molecule has 3 aromatic heterocycles. The molecular weight excluding hydrogens is 392 g/mol. The maximum absolute atomic E-state index is 13.0. The molecule has 0 aliphatic carbocycles. The lowest BCUT2D eigenvalue weighted by atomic mass is 10.1. The van der Waals surface area contributed by atoms with Gasteiger partial charge in [-0.3, -0.25) is 14.2 Å². The Bertz CT molecular complexity index is 1210. The van der Waals surface area contributed by atoms with Gasteiger partial charge in [0.2, 0.25) is 0 Å². The number of hydrogen-bond acceptors (Lipinski definition) is 6. The van der Waals surface area contributed by atoms with Crippen LogP contribution >= 0.6 is 22.7 Å². The number of carbonyl (C=O) groups excluding carboxylic acids is 1. The van der Waals surface area contributed by atoms with Crippen LogP contribution in [0.2, 0.25) is 0 Å². The molecule has 0 aliphatic heterocycles. The Morgan fingerprint density at radius 3 is 2.82 bits per heavy atom. The smallest absolute Gasteiger partial charge is 0.263 e. The maximum Gasteiger partial charge on any atom is 0.263 e. The molecule has 3 heterocycles. The van der Waals surface area contributed by atoms with Crippen LogP contribution in [0.1, 0.15) is 10.4 Å². The highest BCUT2D eigenvalue weighted by Crippen LogP contribution is 2.30. The molecule has 140 valence electrons. The monoisotopic (exact) mass is 408 g/mol. The molecule has 0 unspecified atom stereocenters. The zero-order valence-corrected chi connectivity index (χ0v) is 16.6. The number of hydrazone groups is 1. The van der Waals surface area contributed by atoms with Crippen LogP contribution in [0.25, 0.3) is 21.3 Å². The number of amides is 1. The van der Waals surface area contributed by atoms with Gasteiger partial charge in [-0.2, -0.15) is 5.10 Å². The summed E-state index contributed by atoms with van der Waals surface area (Å²) in [5.74, 6) is -0.386. The lowest BCUT2D eigenvalue weighted by molar-refractivity contribution is -0.121. The summed E-state index contributed by atoms with van der Waals surface area (Å²) >= 11 is 2.94. The van der Waals surface area contributed by atoms with Crippen LogP contribution in [-0.4, -0.2) is 21.7 Å². The fourth-order valence-electron chi connectivity index (χ4n) is 2.75. The summed E-state index contributed by atoms with van der Waals surface area (Å²) in [5.41, 5.74) is 5.15. The Morgan fingerprint density at radius 2 is 2.07 bits per heavy atom. The average molecular weight is 409 g/mol. The summed E-state index contributed by atoms with van der Waals surface area (Å²) in [6.07, 6.45) is 2.98. The fraction of sp³-hybridized carbons (Fsp3) is 0.100. The molecule has 1 amide bonds. The van der Waals surface area contributed by atoms with Crippen molar-refractivity contribution in [3.63, 3.8) is 0 Å². The number of aromatic nitrogens is 2.